The number of benzene rings is 1. The normalized spacial score (nSPS) is 10.3. The Kier molecular flexibility index (Phi) is 4.06. The van der Waals surface area contributed by atoms with Crippen molar-refractivity contribution in [1.29, 1.82) is 0 Å². The Hall–Kier alpha value is -1.60. The lowest BCUT2D eigenvalue weighted by Crippen LogP contribution is -2.14. The number of thiocarbonyl (C=S) groups is 1. The molecule has 0 aliphatic rings. The van der Waals surface area contributed by atoms with Gasteiger partial charge in [0.25, 0.3) is 0 Å². The highest BCUT2D eigenvalue weighted by Gasteiger charge is 2.13. The Morgan fingerprint density at radius 1 is 1.32 bits per heavy atom. The maximum absolute atomic E-state index is 13.7. The van der Waals surface area contributed by atoms with E-state index >= 15 is 0 Å². The fourth-order valence-corrected chi connectivity index (χ4v) is 2.06. The van der Waals surface area contributed by atoms with Gasteiger partial charge in [-0.2, -0.15) is 0 Å². The van der Waals surface area contributed by atoms with Gasteiger partial charge >= 0.3 is 0 Å². The molecule has 0 saturated heterocycles. The summed E-state index contributed by atoms with van der Waals surface area (Å²) in [5, 5.41) is 2.62. The molecular weight excluding hydrogens is 336 g/mol. The largest absolute Gasteiger partial charge is 0.388 e. The average molecular weight is 344 g/mol. The summed E-state index contributed by atoms with van der Waals surface area (Å²) in [5.74, 6) is -1.46. The molecule has 2 aromatic rings. The number of aromatic nitrogens is 1. The van der Waals surface area contributed by atoms with Crippen LogP contribution in [0.2, 0.25) is 0 Å². The predicted molar refractivity (Wildman–Crippen MR) is 77.5 cm³/mol. The van der Waals surface area contributed by atoms with Crippen LogP contribution in [0, 0.1) is 11.6 Å². The van der Waals surface area contributed by atoms with Gasteiger partial charge in [0.1, 0.15) is 16.4 Å². The zero-order valence-electron chi connectivity index (χ0n) is 9.45. The van der Waals surface area contributed by atoms with E-state index in [9.17, 15) is 8.78 Å². The minimum absolute atomic E-state index is 0.0426. The number of anilines is 2. The molecule has 0 spiro atoms. The molecule has 3 nitrogen and oxygen atoms in total. The van der Waals surface area contributed by atoms with E-state index in [1.165, 1.54) is 6.20 Å². The van der Waals surface area contributed by atoms with Gasteiger partial charge in [-0.05, 0) is 24.3 Å². The summed E-state index contributed by atoms with van der Waals surface area (Å²) in [5.41, 5.74) is 5.84. The Balaban J connectivity index is 2.45. The maximum atomic E-state index is 13.7. The summed E-state index contributed by atoms with van der Waals surface area (Å²) in [6.45, 7) is 0. The van der Waals surface area contributed by atoms with E-state index in [0.29, 0.717) is 10.2 Å². The van der Waals surface area contributed by atoms with Crippen LogP contribution >= 0.6 is 28.1 Å². The predicted octanol–water partition coefficient (Wildman–Crippen LogP) is 3.50. The number of nitrogens with zero attached hydrogens (tertiary/aromatic N) is 1. The molecule has 0 aliphatic carbocycles. The molecule has 0 fully saturated rings. The monoisotopic (exact) mass is 343 g/mol. The molecule has 0 aliphatic heterocycles. The molecule has 0 bridgehead atoms. The van der Waals surface area contributed by atoms with Gasteiger partial charge in [0.05, 0.1) is 5.69 Å². The third kappa shape index (κ3) is 3.05. The van der Waals surface area contributed by atoms with Gasteiger partial charge in [0.2, 0.25) is 0 Å². The van der Waals surface area contributed by atoms with E-state index in [0.717, 1.165) is 12.1 Å². The number of hydrogen-bond acceptors (Lipinski definition) is 3. The van der Waals surface area contributed by atoms with Crippen LogP contribution in [0.25, 0.3) is 0 Å². The van der Waals surface area contributed by atoms with Crippen LogP contribution in [-0.4, -0.2) is 9.97 Å². The van der Waals surface area contributed by atoms with Gasteiger partial charge in [-0.1, -0.05) is 28.1 Å². The van der Waals surface area contributed by atoms with Crippen LogP contribution in [0.15, 0.2) is 34.9 Å². The van der Waals surface area contributed by atoms with E-state index in [4.69, 9.17) is 18.0 Å². The smallest absolute Gasteiger partial charge is 0.150 e. The molecule has 7 heteroatoms. The lowest BCUT2D eigenvalue weighted by molar-refractivity contribution is 0.589. The quantitative estimate of drug-likeness (QED) is 0.837. The van der Waals surface area contributed by atoms with Crippen LogP contribution in [0.1, 0.15) is 5.69 Å². The molecule has 98 valence electrons. The molecular formula is C12H8BrF2N3S. The van der Waals surface area contributed by atoms with Crippen molar-refractivity contribution in [3.05, 3.63) is 52.3 Å². The second kappa shape index (κ2) is 5.58. The fraction of sp³-hybridized carbons (Fsp3) is 0. The van der Waals surface area contributed by atoms with E-state index in [1.54, 1.807) is 12.1 Å². The SMILES string of the molecule is NC(=S)c1ncccc1Nc1c(F)cc(Br)cc1F. The van der Waals surface area contributed by atoms with Gasteiger partial charge in [-0.3, -0.25) is 4.98 Å². The number of nitrogens with two attached hydrogens (primary N) is 1. The van der Waals surface area contributed by atoms with Crippen molar-refractivity contribution in [3.63, 3.8) is 0 Å². The van der Waals surface area contributed by atoms with Crippen LogP contribution in [0.3, 0.4) is 0 Å². The molecule has 3 N–H and O–H groups in total. The van der Waals surface area contributed by atoms with Gasteiger partial charge in [0, 0.05) is 10.7 Å². The van der Waals surface area contributed by atoms with Crippen LogP contribution in [0.5, 0.6) is 0 Å². The highest BCUT2D eigenvalue weighted by atomic mass is 79.9. The summed E-state index contributed by atoms with van der Waals surface area (Å²) >= 11 is 7.84. The summed E-state index contributed by atoms with van der Waals surface area (Å²) in [4.78, 5) is 4.01. The molecule has 0 radical (unpaired) electrons. The molecule has 0 atom stereocenters. The van der Waals surface area contributed by atoms with Gasteiger partial charge in [-0.25, -0.2) is 8.78 Å². The molecule has 0 amide bonds. The molecule has 0 saturated carbocycles. The maximum Gasteiger partial charge on any atom is 0.150 e. The molecule has 1 heterocycles. The van der Waals surface area contributed by atoms with Gasteiger partial charge < -0.3 is 11.1 Å². The third-order valence-electron chi connectivity index (χ3n) is 2.31. The number of nitrogens with one attached hydrogen (secondary N) is 1. The van der Waals surface area contributed by atoms with E-state index in [2.05, 4.69) is 26.2 Å². The Morgan fingerprint density at radius 2 is 1.95 bits per heavy atom. The molecule has 1 aromatic heterocycles. The van der Waals surface area contributed by atoms with Crippen LogP contribution in [-0.2, 0) is 0 Å². The van der Waals surface area contributed by atoms with Crippen molar-refractivity contribution >= 4 is 44.5 Å². The molecule has 1 aromatic carbocycles. The van der Waals surface area contributed by atoms with Crippen LogP contribution in [0.4, 0.5) is 20.2 Å². The van der Waals surface area contributed by atoms with E-state index < -0.39 is 11.6 Å². The number of hydrogen-bond donors (Lipinski definition) is 2. The highest BCUT2D eigenvalue weighted by molar-refractivity contribution is 9.10. The minimum Gasteiger partial charge on any atom is -0.388 e. The first-order chi connectivity index (χ1) is 8.99. The van der Waals surface area contributed by atoms with Crippen molar-refractivity contribution in [2.45, 2.75) is 0 Å². The second-order valence-corrected chi connectivity index (χ2v) is 4.99. The standard InChI is InChI=1S/C12H8BrF2N3S/c13-6-4-7(14)10(8(15)5-6)18-9-2-1-3-17-11(9)12(16)19/h1-5,18H,(H2,16,19). The third-order valence-corrected chi connectivity index (χ3v) is 2.96. The van der Waals surface area contributed by atoms with Crippen molar-refractivity contribution in [3.8, 4) is 0 Å². The summed E-state index contributed by atoms with van der Waals surface area (Å²) in [6, 6.07) is 5.51. The van der Waals surface area contributed by atoms with Gasteiger partial charge in [0.15, 0.2) is 11.6 Å². The molecule has 19 heavy (non-hydrogen) atoms. The van der Waals surface area contributed by atoms with Gasteiger partial charge in [-0.15, -0.1) is 0 Å². The first-order valence-electron chi connectivity index (χ1n) is 5.15. The molecule has 0 unspecified atom stereocenters. The summed E-state index contributed by atoms with van der Waals surface area (Å²) in [6.07, 6.45) is 1.49. The van der Waals surface area contributed by atoms with Crippen molar-refractivity contribution in [2.24, 2.45) is 5.73 Å². The summed E-state index contributed by atoms with van der Waals surface area (Å²) < 4.78 is 27.7. The van der Waals surface area contributed by atoms with E-state index in [-0.39, 0.29) is 16.4 Å². The lowest BCUT2D eigenvalue weighted by Gasteiger charge is -2.12. The number of rotatable bonds is 3. The molecule has 2 rings (SSSR count). The van der Waals surface area contributed by atoms with Crippen LogP contribution < -0.4 is 11.1 Å². The Bertz CT molecular complexity index is 626. The highest BCUT2D eigenvalue weighted by Crippen LogP contribution is 2.27. The average Bonchev–Trinajstić information content (AvgIpc) is 2.34. The first kappa shape index (κ1) is 13.8. The topological polar surface area (TPSA) is 50.9 Å². The number of halogens is 3. The Morgan fingerprint density at radius 3 is 2.53 bits per heavy atom. The fourth-order valence-electron chi connectivity index (χ4n) is 1.50. The zero-order valence-corrected chi connectivity index (χ0v) is 11.9. The van der Waals surface area contributed by atoms with Crippen molar-refractivity contribution < 1.29 is 8.78 Å². The summed E-state index contributed by atoms with van der Waals surface area (Å²) in [7, 11) is 0. The second-order valence-electron chi connectivity index (χ2n) is 3.63. The van der Waals surface area contributed by atoms with Crippen molar-refractivity contribution in [2.75, 3.05) is 5.32 Å². The van der Waals surface area contributed by atoms with E-state index in [1.807, 2.05) is 0 Å². The van der Waals surface area contributed by atoms with Crippen molar-refractivity contribution in [1.82, 2.24) is 4.98 Å². The lowest BCUT2D eigenvalue weighted by atomic mass is 10.2. The number of pyridine rings is 1. The minimum atomic E-state index is -0.732. The zero-order chi connectivity index (χ0) is 14.0. The Labute approximate surface area is 122 Å². The first-order valence-corrected chi connectivity index (χ1v) is 6.35.